The number of aromatic nitrogens is 2. The number of hydrogen-bond donors (Lipinski definition) is 1. The Morgan fingerprint density at radius 2 is 2.10 bits per heavy atom. The van der Waals surface area contributed by atoms with Crippen LogP contribution in [0.3, 0.4) is 0 Å². The molecule has 20 heavy (non-hydrogen) atoms. The van der Waals surface area contributed by atoms with Crippen LogP contribution in [0.4, 0.5) is 0 Å². The molecule has 4 nitrogen and oxygen atoms in total. The second-order valence-electron chi connectivity index (χ2n) is 4.91. The largest absolute Gasteiger partial charge is 0.382 e. The molecule has 0 aliphatic carbocycles. The molecule has 0 spiro atoms. The van der Waals surface area contributed by atoms with Gasteiger partial charge in [0, 0.05) is 32.2 Å². The average Bonchev–Trinajstić information content (AvgIpc) is 2.78. The first-order chi connectivity index (χ1) is 9.67. The molecule has 0 saturated carbocycles. The lowest BCUT2D eigenvalue weighted by Crippen LogP contribution is -2.29. The number of aryl methyl sites for hydroxylation is 2. The molecule has 0 aliphatic rings. The van der Waals surface area contributed by atoms with Crippen molar-refractivity contribution in [2.24, 2.45) is 0 Å². The van der Waals surface area contributed by atoms with Crippen LogP contribution in [0, 0.1) is 0 Å². The van der Waals surface area contributed by atoms with Gasteiger partial charge in [0.2, 0.25) is 0 Å². The molecule has 0 fully saturated rings. The first kappa shape index (κ1) is 17.5. The number of rotatable bonds is 10. The highest BCUT2D eigenvalue weighted by Gasteiger charge is 2.17. The molecule has 0 radical (unpaired) electrons. The van der Waals surface area contributed by atoms with E-state index in [0.29, 0.717) is 6.04 Å². The predicted molar refractivity (Wildman–Crippen MR) is 84.6 cm³/mol. The van der Waals surface area contributed by atoms with Crippen molar-refractivity contribution in [3.63, 3.8) is 0 Å². The summed E-state index contributed by atoms with van der Waals surface area (Å²) in [6.07, 6.45) is 3.96. The molecule has 1 unspecified atom stereocenters. The molecule has 1 atom stereocenters. The molecule has 116 valence electrons. The van der Waals surface area contributed by atoms with E-state index >= 15 is 0 Å². The van der Waals surface area contributed by atoms with Crippen molar-refractivity contribution in [3.05, 3.63) is 16.4 Å². The smallest absolute Gasteiger partial charge is 0.0850 e. The molecule has 0 amide bonds. The Labute approximate surface area is 127 Å². The van der Waals surface area contributed by atoms with Crippen LogP contribution in [-0.2, 0) is 24.1 Å². The quantitative estimate of drug-likeness (QED) is 0.675. The summed E-state index contributed by atoms with van der Waals surface area (Å²) in [6, 6.07) is 0.416. The van der Waals surface area contributed by atoms with Gasteiger partial charge in [-0.25, -0.2) is 0 Å². The van der Waals surface area contributed by atoms with E-state index in [4.69, 9.17) is 16.3 Å². The number of nitrogens with zero attached hydrogens (tertiary/aromatic N) is 2. The maximum absolute atomic E-state index is 6.46. The van der Waals surface area contributed by atoms with Crippen LogP contribution in [0.15, 0.2) is 0 Å². The van der Waals surface area contributed by atoms with Crippen molar-refractivity contribution in [1.82, 2.24) is 15.1 Å². The van der Waals surface area contributed by atoms with E-state index < -0.39 is 0 Å². The van der Waals surface area contributed by atoms with Gasteiger partial charge in [-0.05, 0) is 40.2 Å². The summed E-state index contributed by atoms with van der Waals surface area (Å²) < 4.78 is 7.43. The zero-order valence-electron chi connectivity index (χ0n) is 13.2. The first-order valence-corrected chi connectivity index (χ1v) is 8.04. The van der Waals surface area contributed by atoms with Gasteiger partial charge >= 0.3 is 0 Å². The van der Waals surface area contributed by atoms with Crippen LogP contribution in [0.25, 0.3) is 0 Å². The summed E-state index contributed by atoms with van der Waals surface area (Å²) in [5.74, 6) is 0. The molecule has 0 bridgehead atoms. The number of nitrogens with one attached hydrogen (secondary N) is 1. The average molecular weight is 302 g/mol. The SMILES string of the molecule is CCOCCCC(Cc1c(Cl)c(CC)nn1CC)NC. The van der Waals surface area contributed by atoms with Gasteiger partial charge in [-0.1, -0.05) is 18.5 Å². The number of hydrogen-bond acceptors (Lipinski definition) is 3. The maximum Gasteiger partial charge on any atom is 0.0850 e. The third-order valence-electron chi connectivity index (χ3n) is 3.59. The van der Waals surface area contributed by atoms with Crippen LogP contribution in [0.1, 0.15) is 45.0 Å². The third kappa shape index (κ3) is 4.76. The van der Waals surface area contributed by atoms with Crippen molar-refractivity contribution < 1.29 is 4.74 Å². The number of likely N-dealkylation sites (N-methyl/N-ethyl adjacent to an activating group) is 1. The van der Waals surface area contributed by atoms with Crippen molar-refractivity contribution in [2.45, 2.75) is 59.0 Å². The second-order valence-corrected chi connectivity index (χ2v) is 5.28. The van der Waals surface area contributed by atoms with E-state index in [-0.39, 0.29) is 0 Å². The zero-order chi connectivity index (χ0) is 15.0. The Balaban J connectivity index is 2.66. The molecular weight excluding hydrogens is 274 g/mol. The summed E-state index contributed by atoms with van der Waals surface area (Å²) >= 11 is 6.46. The highest BCUT2D eigenvalue weighted by atomic mass is 35.5. The Kier molecular flexibility index (Phi) is 8.19. The fraction of sp³-hybridized carbons (Fsp3) is 0.800. The second kappa shape index (κ2) is 9.37. The summed E-state index contributed by atoms with van der Waals surface area (Å²) in [7, 11) is 2.01. The predicted octanol–water partition coefficient (Wildman–Crippen LogP) is 3.07. The summed E-state index contributed by atoms with van der Waals surface area (Å²) in [5, 5.41) is 8.80. The van der Waals surface area contributed by atoms with E-state index in [1.54, 1.807) is 0 Å². The highest BCUT2D eigenvalue weighted by Crippen LogP contribution is 2.23. The molecule has 5 heteroatoms. The zero-order valence-corrected chi connectivity index (χ0v) is 14.0. The van der Waals surface area contributed by atoms with Crippen molar-refractivity contribution in [2.75, 3.05) is 20.3 Å². The number of halogens is 1. The van der Waals surface area contributed by atoms with Gasteiger partial charge in [-0.3, -0.25) is 4.68 Å². The van der Waals surface area contributed by atoms with Gasteiger partial charge in [0.15, 0.2) is 0 Å². The van der Waals surface area contributed by atoms with E-state index in [0.717, 1.165) is 61.9 Å². The summed E-state index contributed by atoms with van der Waals surface area (Å²) in [4.78, 5) is 0. The van der Waals surface area contributed by atoms with Crippen molar-refractivity contribution in [3.8, 4) is 0 Å². The molecule has 1 N–H and O–H groups in total. The molecular formula is C15H28ClN3O. The van der Waals surface area contributed by atoms with Gasteiger partial charge in [-0.2, -0.15) is 5.10 Å². The minimum absolute atomic E-state index is 0.416. The monoisotopic (exact) mass is 301 g/mol. The highest BCUT2D eigenvalue weighted by molar-refractivity contribution is 6.31. The Morgan fingerprint density at radius 3 is 2.65 bits per heavy atom. The fourth-order valence-corrected chi connectivity index (χ4v) is 2.72. The van der Waals surface area contributed by atoms with E-state index in [9.17, 15) is 0 Å². The van der Waals surface area contributed by atoms with Crippen LogP contribution in [0.5, 0.6) is 0 Å². The van der Waals surface area contributed by atoms with Crippen LogP contribution in [-0.4, -0.2) is 36.1 Å². The molecule has 1 aromatic heterocycles. The third-order valence-corrected chi connectivity index (χ3v) is 4.02. The molecule has 0 aliphatic heterocycles. The Bertz CT molecular complexity index is 393. The fourth-order valence-electron chi connectivity index (χ4n) is 2.37. The van der Waals surface area contributed by atoms with Gasteiger partial charge in [-0.15, -0.1) is 0 Å². The molecule has 0 saturated heterocycles. The lowest BCUT2D eigenvalue weighted by molar-refractivity contribution is 0.141. The Morgan fingerprint density at radius 1 is 1.35 bits per heavy atom. The topological polar surface area (TPSA) is 39.1 Å². The summed E-state index contributed by atoms with van der Waals surface area (Å²) in [5.41, 5.74) is 2.16. The van der Waals surface area contributed by atoms with Crippen molar-refractivity contribution in [1.29, 1.82) is 0 Å². The van der Waals surface area contributed by atoms with E-state index in [2.05, 4.69) is 24.3 Å². The maximum atomic E-state index is 6.46. The molecule has 0 aromatic carbocycles. The molecule has 1 aromatic rings. The van der Waals surface area contributed by atoms with Gasteiger partial charge in [0.25, 0.3) is 0 Å². The molecule has 1 heterocycles. The minimum Gasteiger partial charge on any atom is -0.382 e. The van der Waals surface area contributed by atoms with Crippen LogP contribution >= 0.6 is 11.6 Å². The van der Waals surface area contributed by atoms with E-state index in [1.807, 2.05) is 18.7 Å². The van der Waals surface area contributed by atoms with Gasteiger partial charge in [0.1, 0.15) is 0 Å². The van der Waals surface area contributed by atoms with Crippen LogP contribution < -0.4 is 5.32 Å². The number of ether oxygens (including phenoxy) is 1. The summed E-state index contributed by atoms with van der Waals surface area (Å²) in [6.45, 7) is 8.71. The van der Waals surface area contributed by atoms with Gasteiger partial charge < -0.3 is 10.1 Å². The Hall–Kier alpha value is -0.580. The molecule has 1 rings (SSSR count). The lowest BCUT2D eigenvalue weighted by atomic mass is 10.1. The first-order valence-electron chi connectivity index (χ1n) is 7.66. The minimum atomic E-state index is 0.416. The van der Waals surface area contributed by atoms with Crippen molar-refractivity contribution >= 4 is 11.6 Å². The normalized spacial score (nSPS) is 12.8. The van der Waals surface area contributed by atoms with E-state index in [1.165, 1.54) is 0 Å². The lowest BCUT2D eigenvalue weighted by Gasteiger charge is -2.17. The van der Waals surface area contributed by atoms with Gasteiger partial charge in [0.05, 0.1) is 16.4 Å². The van der Waals surface area contributed by atoms with Crippen LogP contribution in [0.2, 0.25) is 5.02 Å². The standard InChI is InChI=1S/C15H28ClN3O/c1-5-13-15(16)14(19(6-2)18-13)11-12(17-4)9-8-10-20-7-3/h12,17H,5-11H2,1-4H3.